The maximum atomic E-state index is 13.2. The van der Waals surface area contributed by atoms with Crippen LogP contribution in [0.2, 0.25) is 0 Å². The molecule has 4 rings (SSSR count). The largest absolute Gasteiger partial charge is 0.482 e. The van der Waals surface area contributed by atoms with Gasteiger partial charge in [0.2, 0.25) is 17.1 Å². The number of carbonyl (C=O) groups excluding carboxylic acids is 1. The predicted octanol–water partition coefficient (Wildman–Crippen LogP) is 3.58. The molecule has 2 aromatic rings. The second-order valence-electron chi connectivity index (χ2n) is 8.50. The standard InChI is InChI=1S/C24H29FN2O4/c25-20-7-3-6-19(12-20)16-31-23-17-30-21(14-22(23)28)15-26-8-10-27(11-9-26)24(29)13-18-4-1-2-5-18/h3,6-7,12,14,17-18H,1-2,4-5,8-11,13,15-16H2. The normalized spacial score (nSPS) is 17.8. The molecule has 1 aromatic heterocycles. The molecule has 0 spiro atoms. The number of hydrogen-bond donors (Lipinski definition) is 0. The fourth-order valence-electron chi connectivity index (χ4n) is 4.38. The first-order valence-electron chi connectivity index (χ1n) is 11.1. The van der Waals surface area contributed by atoms with Crippen molar-refractivity contribution in [2.75, 3.05) is 26.2 Å². The van der Waals surface area contributed by atoms with E-state index in [1.807, 2.05) is 4.90 Å². The number of benzene rings is 1. The molecule has 6 nitrogen and oxygen atoms in total. The minimum atomic E-state index is -0.344. The lowest BCUT2D eigenvalue weighted by Gasteiger charge is -2.34. The SMILES string of the molecule is O=C(CC1CCCC1)N1CCN(Cc2cc(=O)c(OCc3cccc(F)c3)co2)CC1. The lowest BCUT2D eigenvalue weighted by Crippen LogP contribution is -2.48. The molecule has 2 fully saturated rings. The van der Waals surface area contributed by atoms with Crippen molar-refractivity contribution >= 4 is 5.91 Å². The maximum Gasteiger partial charge on any atom is 0.227 e. The summed E-state index contributed by atoms with van der Waals surface area (Å²) in [6.45, 7) is 3.56. The monoisotopic (exact) mass is 428 g/mol. The Kier molecular flexibility index (Phi) is 7.02. The molecule has 0 atom stereocenters. The summed E-state index contributed by atoms with van der Waals surface area (Å²) >= 11 is 0. The Morgan fingerprint density at radius 2 is 1.90 bits per heavy atom. The van der Waals surface area contributed by atoms with Crippen molar-refractivity contribution in [2.24, 2.45) is 5.92 Å². The fraction of sp³-hybridized carbons (Fsp3) is 0.500. The van der Waals surface area contributed by atoms with Gasteiger partial charge in [-0.25, -0.2) is 4.39 Å². The second kappa shape index (κ2) is 10.1. The number of hydrogen-bond acceptors (Lipinski definition) is 5. The summed E-state index contributed by atoms with van der Waals surface area (Å²) < 4.78 is 24.3. The number of piperazine rings is 1. The summed E-state index contributed by atoms with van der Waals surface area (Å²) in [5.74, 6) is 1.17. The summed E-state index contributed by atoms with van der Waals surface area (Å²) in [5, 5.41) is 0. The van der Waals surface area contributed by atoms with E-state index in [0.29, 0.717) is 43.3 Å². The molecule has 1 saturated carbocycles. The van der Waals surface area contributed by atoms with Crippen molar-refractivity contribution in [2.45, 2.75) is 45.3 Å². The van der Waals surface area contributed by atoms with Crippen LogP contribution in [-0.4, -0.2) is 41.9 Å². The fourth-order valence-corrected chi connectivity index (χ4v) is 4.38. The maximum absolute atomic E-state index is 13.2. The zero-order chi connectivity index (χ0) is 21.6. The van der Waals surface area contributed by atoms with E-state index in [2.05, 4.69) is 4.90 Å². The molecule has 1 amide bonds. The van der Waals surface area contributed by atoms with E-state index in [9.17, 15) is 14.0 Å². The van der Waals surface area contributed by atoms with Crippen molar-refractivity contribution in [1.29, 1.82) is 0 Å². The first-order valence-corrected chi connectivity index (χ1v) is 11.1. The Morgan fingerprint density at radius 1 is 1.13 bits per heavy atom. The van der Waals surface area contributed by atoms with Gasteiger partial charge in [-0.05, 0) is 36.5 Å². The van der Waals surface area contributed by atoms with Crippen LogP contribution < -0.4 is 10.2 Å². The van der Waals surface area contributed by atoms with Gasteiger partial charge in [-0.2, -0.15) is 0 Å². The number of halogens is 1. The van der Waals surface area contributed by atoms with Crippen LogP contribution in [-0.2, 0) is 17.9 Å². The van der Waals surface area contributed by atoms with Gasteiger partial charge in [0.25, 0.3) is 0 Å². The van der Waals surface area contributed by atoms with E-state index in [1.54, 1.807) is 12.1 Å². The van der Waals surface area contributed by atoms with Gasteiger partial charge >= 0.3 is 0 Å². The molecule has 1 aliphatic carbocycles. The Bertz CT molecular complexity index is 947. The number of amides is 1. The highest BCUT2D eigenvalue weighted by Gasteiger charge is 2.25. The number of rotatable bonds is 7. The van der Waals surface area contributed by atoms with Crippen LogP contribution in [0.5, 0.6) is 5.75 Å². The van der Waals surface area contributed by atoms with Crippen molar-refractivity contribution in [3.63, 3.8) is 0 Å². The molecular weight excluding hydrogens is 399 g/mol. The second-order valence-corrected chi connectivity index (χ2v) is 8.50. The van der Waals surface area contributed by atoms with Gasteiger partial charge in [0.1, 0.15) is 24.4 Å². The molecular formula is C24H29FN2O4. The van der Waals surface area contributed by atoms with Crippen molar-refractivity contribution in [3.8, 4) is 5.75 Å². The molecule has 1 saturated heterocycles. The van der Waals surface area contributed by atoms with Crippen LogP contribution in [0.3, 0.4) is 0 Å². The smallest absolute Gasteiger partial charge is 0.227 e. The average Bonchev–Trinajstić information content (AvgIpc) is 3.27. The van der Waals surface area contributed by atoms with Crippen LogP contribution in [0, 0.1) is 11.7 Å². The topological polar surface area (TPSA) is 63.0 Å². The van der Waals surface area contributed by atoms with Crippen molar-refractivity contribution < 1.29 is 18.3 Å². The lowest BCUT2D eigenvalue weighted by atomic mass is 10.0. The average molecular weight is 429 g/mol. The highest BCUT2D eigenvalue weighted by Crippen LogP contribution is 2.28. The van der Waals surface area contributed by atoms with Crippen LogP contribution >= 0.6 is 0 Å². The van der Waals surface area contributed by atoms with Crippen molar-refractivity contribution in [1.82, 2.24) is 9.80 Å². The highest BCUT2D eigenvalue weighted by molar-refractivity contribution is 5.76. The third-order valence-corrected chi connectivity index (χ3v) is 6.18. The predicted molar refractivity (Wildman–Crippen MR) is 114 cm³/mol. The summed E-state index contributed by atoms with van der Waals surface area (Å²) in [5.41, 5.74) is 0.381. The molecule has 166 valence electrons. The van der Waals surface area contributed by atoms with Crippen LogP contribution in [0.15, 0.2) is 45.8 Å². The van der Waals surface area contributed by atoms with E-state index >= 15 is 0 Å². The zero-order valence-corrected chi connectivity index (χ0v) is 17.7. The first kappa shape index (κ1) is 21.6. The van der Waals surface area contributed by atoms with E-state index in [0.717, 1.165) is 13.1 Å². The van der Waals surface area contributed by atoms with Crippen LogP contribution in [0.4, 0.5) is 4.39 Å². The van der Waals surface area contributed by atoms with Gasteiger partial charge in [-0.3, -0.25) is 14.5 Å². The van der Waals surface area contributed by atoms with Gasteiger partial charge in [0, 0.05) is 38.7 Å². The van der Waals surface area contributed by atoms with Crippen LogP contribution in [0.25, 0.3) is 0 Å². The molecule has 0 unspecified atom stereocenters. The van der Waals surface area contributed by atoms with E-state index in [-0.39, 0.29) is 29.5 Å². The number of ether oxygens (including phenoxy) is 1. The lowest BCUT2D eigenvalue weighted by molar-refractivity contribution is -0.134. The van der Waals surface area contributed by atoms with Crippen LogP contribution in [0.1, 0.15) is 43.4 Å². The third-order valence-electron chi connectivity index (χ3n) is 6.18. The minimum Gasteiger partial charge on any atom is -0.482 e. The highest BCUT2D eigenvalue weighted by atomic mass is 19.1. The van der Waals surface area contributed by atoms with Gasteiger partial charge in [-0.15, -0.1) is 0 Å². The molecule has 1 aliphatic heterocycles. The number of carbonyl (C=O) groups is 1. The van der Waals surface area contributed by atoms with Gasteiger partial charge in [0.15, 0.2) is 0 Å². The molecule has 0 N–H and O–H groups in total. The quantitative estimate of drug-likeness (QED) is 0.675. The van der Waals surface area contributed by atoms with Gasteiger partial charge < -0.3 is 14.1 Å². The van der Waals surface area contributed by atoms with Crippen molar-refractivity contribution in [3.05, 3.63) is 64.0 Å². The first-order chi connectivity index (χ1) is 15.1. The van der Waals surface area contributed by atoms with Gasteiger partial charge in [-0.1, -0.05) is 25.0 Å². The van der Waals surface area contributed by atoms with E-state index in [1.165, 1.54) is 50.1 Å². The summed E-state index contributed by atoms with van der Waals surface area (Å²) in [6.07, 6.45) is 6.89. The molecule has 2 aliphatic rings. The molecule has 7 heteroatoms. The van der Waals surface area contributed by atoms with Gasteiger partial charge in [0.05, 0.1) is 6.54 Å². The van der Waals surface area contributed by atoms with E-state index < -0.39 is 0 Å². The number of nitrogens with zero attached hydrogens (tertiary/aromatic N) is 2. The summed E-state index contributed by atoms with van der Waals surface area (Å²) in [4.78, 5) is 29.0. The molecule has 2 heterocycles. The minimum absolute atomic E-state index is 0.0959. The molecule has 0 bridgehead atoms. The summed E-state index contributed by atoms with van der Waals surface area (Å²) in [7, 11) is 0. The zero-order valence-electron chi connectivity index (χ0n) is 17.7. The third kappa shape index (κ3) is 5.94. The molecule has 31 heavy (non-hydrogen) atoms. The Morgan fingerprint density at radius 3 is 2.61 bits per heavy atom. The Hall–Kier alpha value is -2.67. The Labute approximate surface area is 181 Å². The molecule has 1 aromatic carbocycles. The Balaban J connectivity index is 1.25. The van der Waals surface area contributed by atoms with E-state index in [4.69, 9.17) is 9.15 Å². The summed E-state index contributed by atoms with van der Waals surface area (Å²) in [6, 6.07) is 7.50. The molecule has 0 radical (unpaired) electrons.